The molecular formula is C46H81NO7. The summed E-state index contributed by atoms with van der Waals surface area (Å²) in [5, 5.41) is 0. The molecular weight excluding hydrogens is 679 g/mol. The highest BCUT2D eigenvalue weighted by Crippen LogP contribution is 2.41. The maximum absolute atomic E-state index is 13.2. The molecule has 2 saturated carbocycles. The van der Waals surface area contributed by atoms with Gasteiger partial charge in [0.2, 0.25) is 0 Å². The molecule has 2 rings (SSSR count). The molecule has 3 atom stereocenters. The number of nitrogens with zero attached hydrogens (tertiary/aromatic N) is 1. The second kappa shape index (κ2) is 31.8. The summed E-state index contributed by atoms with van der Waals surface area (Å²) in [6.07, 6.45) is 33.8. The van der Waals surface area contributed by atoms with Crippen LogP contribution in [0.1, 0.15) is 175 Å². The Morgan fingerprint density at radius 2 is 1.26 bits per heavy atom. The minimum atomic E-state index is -0.746. The SMILES string of the molecule is CCCCC/C=C\C/C=C\CCCCCCCC(=O)OCC(COC(=O)OCCCN(CC)CC)COC(=O)[C@H]1CC[C@H]([C@H]2CCC[C@H](CC)CC2)CC1. The molecule has 54 heavy (non-hydrogen) atoms. The first kappa shape index (κ1) is 47.8. The molecule has 0 radical (unpaired) electrons. The highest BCUT2D eigenvalue weighted by atomic mass is 16.7. The molecule has 0 aromatic carbocycles. The number of ether oxygens (including phenoxy) is 4. The van der Waals surface area contributed by atoms with Crippen molar-refractivity contribution in [1.82, 2.24) is 4.90 Å². The third-order valence-electron chi connectivity index (χ3n) is 11.9. The summed E-state index contributed by atoms with van der Waals surface area (Å²) >= 11 is 0. The van der Waals surface area contributed by atoms with Gasteiger partial charge in [0.1, 0.15) is 19.8 Å². The molecule has 0 heterocycles. The van der Waals surface area contributed by atoms with E-state index in [0.29, 0.717) is 6.42 Å². The summed E-state index contributed by atoms with van der Waals surface area (Å²) < 4.78 is 22.1. The van der Waals surface area contributed by atoms with E-state index in [1.807, 2.05) is 0 Å². The molecule has 0 aromatic rings. The molecule has 0 amide bonds. The number of allylic oxidation sites excluding steroid dienone is 4. The Labute approximate surface area is 330 Å². The first-order valence-corrected chi connectivity index (χ1v) is 22.5. The smallest absolute Gasteiger partial charge is 0.465 e. The highest BCUT2D eigenvalue weighted by Gasteiger charge is 2.33. The van der Waals surface area contributed by atoms with Crippen molar-refractivity contribution < 1.29 is 33.3 Å². The molecule has 2 fully saturated rings. The molecule has 0 N–H and O–H groups in total. The van der Waals surface area contributed by atoms with Crippen LogP contribution in [0, 0.1) is 29.6 Å². The van der Waals surface area contributed by atoms with Gasteiger partial charge < -0.3 is 23.8 Å². The van der Waals surface area contributed by atoms with Crippen LogP contribution in [0.25, 0.3) is 0 Å². The van der Waals surface area contributed by atoms with Crippen LogP contribution in [0.4, 0.5) is 4.79 Å². The standard InChI is InChI=1S/C46H81NO7/c1-5-9-10-11-12-13-14-15-16-17-18-19-20-21-22-27-44(48)52-36-40(38-54-46(50)51-35-24-34-47(7-3)8-4)37-53-45(49)43-32-30-42(31-33-43)41-26-23-25-39(6-2)28-29-41/h12-13,15-16,39-43H,5-11,14,17-38H2,1-4H3/b13-12-,16-15-/t39-,40?,41-,42-,43-/m0/s1. The molecule has 0 bridgehead atoms. The van der Waals surface area contributed by atoms with Gasteiger partial charge in [-0.15, -0.1) is 0 Å². The van der Waals surface area contributed by atoms with E-state index in [0.717, 1.165) is 108 Å². The normalized spacial score (nSPS) is 21.3. The summed E-state index contributed by atoms with van der Waals surface area (Å²) in [7, 11) is 0. The number of unbranched alkanes of at least 4 members (excludes halogenated alkanes) is 8. The molecule has 8 nitrogen and oxygen atoms in total. The fourth-order valence-electron chi connectivity index (χ4n) is 8.15. The second-order valence-corrected chi connectivity index (χ2v) is 16.1. The van der Waals surface area contributed by atoms with Crippen LogP contribution >= 0.6 is 0 Å². The summed E-state index contributed by atoms with van der Waals surface area (Å²) in [4.78, 5) is 40.4. The van der Waals surface area contributed by atoms with Crippen molar-refractivity contribution in [2.75, 3.05) is 46.1 Å². The van der Waals surface area contributed by atoms with Crippen molar-refractivity contribution in [3.05, 3.63) is 24.3 Å². The lowest BCUT2D eigenvalue weighted by atomic mass is 9.73. The van der Waals surface area contributed by atoms with Gasteiger partial charge in [-0.05, 0) is 108 Å². The second-order valence-electron chi connectivity index (χ2n) is 16.1. The number of hydrogen-bond acceptors (Lipinski definition) is 8. The summed E-state index contributed by atoms with van der Waals surface area (Å²) in [5.74, 6) is 1.44. The summed E-state index contributed by atoms with van der Waals surface area (Å²) in [6, 6.07) is 0. The number of carbonyl (C=O) groups is 3. The third kappa shape index (κ3) is 22.9. The molecule has 8 heteroatoms. The lowest BCUT2D eigenvalue weighted by Crippen LogP contribution is -2.31. The zero-order chi connectivity index (χ0) is 39.1. The quantitative estimate of drug-likeness (QED) is 0.0245. The fraction of sp³-hybridized carbons (Fsp3) is 0.848. The molecule has 0 aromatic heterocycles. The van der Waals surface area contributed by atoms with E-state index in [-0.39, 0.29) is 44.3 Å². The highest BCUT2D eigenvalue weighted by molar-refractivity contribution is 5.72. The molecule has 312 valence electrons. The number of rotatable bonds is 29. The molecule has 1 unspecified atom stereocenters. The van der Waals surface area contributed by atoms with Gasteiger partial charge in [-0.1, -0.05) is 116 Å². The van der Waals surface area contributed by atoms with Crippen molar-refractivity contribution in [3.8, 4) is 0 Å². The van der Waals surface area contributed by atoms with Gasteiger partial charge in [0, 0.05) is 13.0 Å². The Morgan fingerprint density at radius 3 is 1.96 bits per heavy atom. The van der Waals surface area contributed by atoms with E-state index in [1.54, 1.807) is 0 Å². The minimum absolute atomic E-state index is 0.0354. The van der Waals surface area contributed by atoms with Gasteiger partial charge in [0.25, 0.3) is 0 Å². The van der Waals surface area contributed by atoms with E-state index in [1.165, 1.54) is 70.6 Å². The Hall–Kier alpha value is -2.35. The first-order valence-electron chi connectivity index (χ1n) is 22.5. The van der Waals surface area contributed by atoms with Crippen LogP contribution in [0.5, 0.6) is 0 Å². The van der Waals surface area contributed by atoms with Crippen molar-refractivity contribution in [2.24, 2.45) is 29.6 Å². The third-order valence-corrected chi connectivity index (χ3v) is 11.9. The zero-order valence-corrected chi connectivity index (χ0v) is 35.2. The van der Waals surface area contributed by atoms with E-state index in [9.17, 15) is 14.4 Å². The van der Waals surface area contributed by atoms with Crippen LogP contribution in [0.2, 0.25) is 0 Å². The lowest BCUT2D eigenvalue weighted by Gasteiger charge is -2.33. The fourth-order valence-corrected chi connectivity index (χ4v) is 8.15. The predicted octanol–water partition coefficient (Wildman–Crippen LogP) is 11.8. The Morgan fingerprint density at radius 1 is 0.630 bits per heavy atom. The minimum Gasteiger partial charge on any atom is -0.465 e. The van der Waals surface area contributed by atoms with Crippen molar-refractivity contribution >= 4 is 18.1 Å². The first-order chi connectivity index (χ1) is 26.4. The van der Waals surface area contributed by atoms with E-state index < -0.39 is 12.1 Å². The Bertz CT molecular complexity index is 1020. The molecule has 2 aliphatic carbocycles. The van der Waals surface area contributed by atoms with Crippen molar-refractivity contribution in [2.45, 2.75) is 175 Å². The van der Waals surface area contributed by atoms with Gasteiger partial charge >= 0.3 is 18.1 Å². The topological polar surface area (TPSA) is 91.4 Å². The van der Waals surface area contributed by atoms with E-state index in [4.69, 9.17) is 18.9 Å². The van der Waals surface area contributed by atoms with Crippen molar-refractivity contribution in [3.63, 3.8) is 0 Å². The molecule has 0 spiro atoms. The number of esters is 2. The maximum Gasteiger partial charge on any atom is 0.508 e. The Balaban J connectivity index is 1.70. The molecule has 2 aliphatic rings. The van der Waals surface area contributed by atoms with Gasteiger partial charge in [-0.25, -0.2) is 4.79 Å². The van der Waals surface area contributed by atoms with Crippen LogP contribution in [-0.2, 0) is 28.5 Å². The lowest BCUT2D eigenvalue weighted by molar-refractivity contribution is -0.154. The van der Waals surface area contributed by atoms with Gasteiger partial charge in [0.05, 0.1) is 18.4 Å². The van der Waals surface area contributed by atoms with Crippen LogP contribution in [0.3, 0.4) is 0 Å². The summed E-state index contributed by atoms with van der Waals surface area (Å²) in [5.41, 5.74) is 0. The largest absolute Gasteiger partial charge is 0.508 e. The van der Waals surface area contributed by atoms with Gasteiger partial charge in [-0.2, -0.15) is 0 Å². The van der Waals surface area contributed by atoms with E-state index >= 15 is 0 Å². The predicted molar refractivity (Wildman–Crippen MR) is 220 cm³/mol. The number of hydrogen-bond donors (Lipinski definition) is 0. The molecule has 0 saturated heterocycles. The number of carbonyl (C=O) groups excluding carboxylic acids is 3. The van der Waals surface area contributed by atoms with Crippen LogP contribution in [0.15, 0.2) is 24.3 Å². The van der Waals surface area contributed by atoms with Gasteiger partial charge in [0.15, 0.2) is 0 Å². The van der Waals surface area contributed by atoms with Crippen LogP contribution < -0.4 is 0 Å². The average molecular weight is 760 g/mol. The zero-order valence-electron chi connectivity index (χ0n) is 35.2. The maximum atomic E-state index is 13.2. The van der Waals surface area contributed by atoms with Gasteiger partial charge in [-0.3, -0.25) is 9.59 Å². The molecule has 0 aliphatic heterocycles. The van der Waals surface area contributed by atoms with E-state index in [2.05, 4.69) is 56.9 Å². The van der Waals surface area contributed by atoms with Crippen LogP contribution in [-0.4, -0.2) is 69.1 Å². The summed E-state index contributed by atoms with van der Waals surface area (Å²) in [6.45, 7) is 11.9. The average Bonchev–Trinajstić information content (AvgIpc) is 3.45. The monoisotopic (exact) mass is 760 g/mol. The van der Waals surface area contributed by atoms with Crippen molar-refractivity contribution in [1.29, 1.82) is 0 Å². The Kier molecular flexibility index (Phi) is 28.2.